The Morgan fingerprint density at radius 3 is 2.30 bits per heavy atom. The summed E-state index contributed by atoms with van der Waals surface area (Å²) in [6, 6.07) is 6.55. The van der Waals surface area contributed by atoms with Crippen molar-refractivity contribution < 1.29 is 19.4 Å². The van der Waals surface area contributed by atoms with E-state index in [2.05, 4.69) is 38.8 Å². The summed E-state index contributed by atoms with van der Waals surface area (Å²) < 4.78 is 6.46. The average molecular weight is 395 g/mol. The van der Waals surface area contributed by atoms with Crippen molar-refractivity contribution in [2.75, 3.05) is 6.54 Å². The summed E-state index contributed by atoms with van der Waals surface area (Å²) in [6.07, 6.45) is -0.273. The summed E-state index contributed by atoms with van der Waals surface area (Å²) in [5, 5.41) is 18.3. The van der Waals surface area contributed by atoms with Crippen LogP contribution >= 0.6 is 0 Å². The van der Waals surface area contributed by atoms with Crippen molar-refractivity contribution in [2.45, 2.75) is 51.9 Å². The van der Waals surface area contributed by atoms with Crippen LogP contribution in [0.5, 0.6) is 5.75 Å². The number of fused-ring (bicyclic) bond motifs is 1. The fourth-order valence-corrected chi connectivity index (χ4v) is 3.60. The van der Waals surface area contributed by atoms with E-state index < -0.39 is 14.3 Å². The first-order valence-electron chi connectivity index (χ1n) is 8.72. The van der Waals surface area contributed by atoms with Gasteiger partial charge in [-0.2, -0.15) is 0 Å². The summed E-state index contributed by atoms with van der Waals surface area (Å²) >= 11 is 0. The van der Waals surface area contributed by atoms with Gasteiger partial charge < -0.3 is 25.4 Å². The van der Waals surface area contributed by atoms with Gasteiger partial charge in [0.2, 0.25) is 5.56 Å². The Bertz CT molecular complexity index is 851. The number of aromatic amines is 1. The van der Waals surface area contributed by atoms with Crippen LogP contribution in [-0.2, 0) is 9.22 Å². The third-order valence-electron chi connectivity index (χ3n) is 4.71. The SMILES string of the molecule is CC(=O)O.CC(C)(C)[Si](C)(C)OC(CN)c1ccc(O)c2[nH]c(=O)ccc12. The molecule has 1 aromatic heterocycles. The van der Waals surface area contributed by atoms with Crippen LogP contribution in [0.4, 0.5) is 0 Å². The number of carbonyl (C=O) groups is 1. The number of benzene rings is 1. The van der Waals surface area contributed by atoms with Crippen molar-refractivity contribution in [3.05, 3.63) is 40.2 Å². The van der Waals surface area contributed by atoms with E-state index in [4.69, 9.17) is 20.1 Å². The second kappa shape index (κ2) is 8.68. The van der Waals surface area contributed by atoms with Gasteiger partial charge in [-0.25, -0.2) is 0 Å². The van der Waals surface area contributed by atoms with Gasteiger partial charge in [0.1, 0.15) is 5.75 Å². The lowest BCUT2D eigenvalue weighted by molar-refractivity contribution is -0.134. The molecule has 5 N–H and O–H groups in total. The first kappa shape index (κ1) is 22.9. The van der Waals surface area contributed by atoms with Gasteiger partial charge in [0.25, 0.3) is 5.97 Å². The standard InChI is InChI=1S/C17H26N2O3Si.C2H4O2/c1-17(2,3)23(4,5)22-14(10-18)11-6-8-13(20)16-12(11)7-9-15(21)19-16;1-2(3)4/h6-9,14,20H,10,18H2,1-5H3,(H,19,21);1H3,(H,3,4). The number of aliphatic carboxylic acids is 1. The average Bonchev–Trinajstić information content (AvgIpc) is 2.52. The molecule has 1 unspecified atom stereocenters. The number of H-pyrrole nitrogens is 1. The van der Waals surface area contributed by atoms with Gasteiger partial charge in [-0.1, -0.05) is 26.8 Å². The highest BCUT2D eigenvalue weighted by molar-refractivity contribution is 6.74. The largest absolute Gasteiger partial charge is 0.506 e. The van der Waals surface area contributed by atoms with Crippen molar-refractivity contribution >= 4 is 25.2 Å². The maximum Gasteiger partial charge on any atom is 0.300 e. The fraction of sp³-hybridized carbons (Fsp3) is 0.474. The van der Waals surface area contributed by atoms with E-state index in [-0.39, 0.29) is 22.5 Å². The molecule has 1 heterocycles. The van der Waals surface area contributed by atoms with E-state index in [9.17, 15) is 9.90 Å². The zero-order chi connectivity index (χ0) is 21.0. The van der Waals surface area contributed by atoms with Gasteiger partial charge in [0, 0.05) is 24.9 Å². The van der Waals surface area contributed by atoms with Crippen molar-refractivity contribution in [1.29, 1.82) is 0 Å². The minimum Gasteiger partial charge on any atom is -0.506 e. The number of carboxylic acids is 1. The molecule has 0 saturated carbocycles. The smallest absolute Gasteiger partial charge is 0.300 e. The van der Waals surface area contributed by atoms with Gasteiger partial charge in [0.05, 0.1) is 11.6 Å². The predicted molar refractivity (Wildman–Crippen MR) is 110 cm³/mol. The van der Waals surface area contributed by atoms with E-state index in [0.29, 0.717) is 12.1 Å². The number of phenols is 1. The second-order valence-electron chi connectivity index (χ2n) is 7.91. The van der Waals surface area contributed by atoms with E-state index in [1.165, 1.54) is 6.07 Å². The maximum absolute atomic E-state index is 11.5. The summed E-state index contributed by atoms with van der Waals surface area (Å²) in [6.45, 7) is 12.3. The molecule has 2 aromatic rings. The lowest BCUT2D eigenvalue weighted by Crippen LogP contribution is -2.43. The quantitative estimate of drug-likeness (QED) is 0.589. The molecular formula is C19H30N2O5Si. The third-order valence-corrected chi connectivity index (χ3v) is 9.20. The Labute approximate surface area is 160 Å². The monoisotopic (exact) mass is 394 g/mol. The minimum absolute atomic E-state index is 0.0459. The number of pyridine rings is 1. The molecule has 2 rings (SSSR count). The highest BCUT2D eigenvalue weighted by Gasteiger charge is 2.39. The van der Waals surface area contributed by atoms with Crippen LogP contribution in [-0.4, -0.2) is 36.0 Å². The highest BCUT2D eigenvalue weighted by atomic mass is 28.4. The Morgan fingerprint density at radius 2 is 1.81 bits per heavy atom. The van der Waals surface area contributed by atoms with Crippen LogP contribution in [0.1, 0.15) is 39.4 Å². The first-order valence-corrected chi connectivity index (χ1v) is 11.6. The molecule has 150 valence electrons. The van der Waals surface area contributed by atoms with Crippen LogP contribution in [0.3, 0.4) is 0 Å². The molecule has 0 spiro atoms. The van der Waals surface area contributed by atoms with Crippen LogP contribution in [0.25, 0.3) is 10.9 Å². The molecule has 1 aromatic carbocycles. The molecule has 1 atom stereocenters. The number of hydrogen-bond donors (Lipinski definition) is 4. The fourth-order valence-electron chi connectivity index (χ4n) is 2.31. The van der Waals surface area contributed by atoms with Crippen LogP contribution < -0.4 is 11.3 Å². The lowest BCUT2D eigenvalue weighted by atomic mass is 10.0. The molecule has 0 radical (unpaired) electrons. The summed E-state index contributed by atoms with van der Waals surface area (Å²) in [4.78, 5) is 23.2. The summed E-state index contributed by atoms with van der Waals surface area (Å²) in [7, 11) is -2.00. The molecule has 0 aliphatic rings. The van der Waals surface area contributed by atoms with E-state index >= 15 is 0 Å². The van der Waals surface area contributed by atoms with Crippen molar-refractivity contribution in [3.8, 4) is 5.75 Å². The first-order chi connectivity index (χ1) is 12.3. The number of carboxylic acid groups (broad SMARTS) is 1. The zero-order valence-corrected chi connectivity index (χ0v) is 17.8. The van der Waals surface area contributed by atoms with E-state index in [1.807, 2.05) is 6.07 Å². The van der Waals surface area contributed by atoms with Crippen LogP contribution in [0.2, 0.25) is 18.1 Å². The number of phenolic OH excluding ortho intramolecular Hbond substituents is 1. The number of nitrogens with one attached hydrogen (secondary N) is 1. The summed E-state index contributed by atoms with van der Waals surface area (Å²) in [5.41, 5.74) is 7.04. The van der Waals surface area contributed by atoms with Gasteiger partial charge in [-0.15, -0.1) is 0 Å². The Balaban J connectivity index is 0.000000828. The molecule has 0 fully saturated rings. The molecule has 0 saturated heterocycles. The topological polar surface area (TPSA) is 126 Å². The number of aromatic nitrogens is 1. The Morgan fingerprint density at radius 1 is 1.26 bits per heavy atom. The maximum atomic E-state index is 11.5. The zero-order valence-electron chi connectivity index (χ0n) is 16.8. The Hall–Kier alpha value is -2.16. The normalized spacial score (nSPS) is 13.0. The number of rotatable bonds is 4. The summed E-state index contributed by atoms with van der Waals surface area (Å²) in [5.74, 6) is -0.787. The van der Waals surface area contributed by atoms with Gasteiger partial charge in [-0.3, -0.25) is 9.59 Å². The number of nitrogens with two attached hydrogens (primary N) is 1. The van der Waals surface area contributed by atoms with Gasteiger partial charge in [-0.05, 0) is 35.8 Å². The molecular weight excluding hydrogens is 364 g/mol. The van der Waals surface area contributed by atoms with Crippen molar-refractivity contribution in [1.82, 2.24) is 4.98 Å². The highest BCUT2D eigenvalue weighted by Crippen LogP contribution is 2.40. The lowest BCUT2D eigenvalue weighted by Gasteiger charge is -2.39. The third kappa shape index (κ3) is 5.91. The molecule has 8 heteroatoms. The van der Waals surface area contributed by atoms with E-state index in [1.54, 1.807) is 12.1 Å². The number of hydrogen-bond acceptors (Lipinski definition) is 5. The van der Waals surface area contributed by atoms with Crippen LogP contribution in [0, 0.1) is 0 Å². The molecule has 0 bridgehead atoms. The molecule has 27 heavy (non-hydrogen) atoms. The number of aromatic hydroxyl groups is 1. The molecule has 0 aliphatic carbocycles. The Kier molecular flexibility index (Phi) is 7.36. The second-order valence-corrected chi connectivity index (χ2v) is 12.7. The molecule has 0 amide bonds. The molecule has 7 nitrogen and oxygen atoms in total. The van der Waals surface area contributed by atoms with Crippen molar-refractivity contribution in [2.24, 2.45) is 5.73 Å². The molecule has 0 aliphatic heterocycles. The predicted octanol–water partition coefficient (Wildman–Crippen LogP) is 3.35. The van der Waals surface area contributed by atoms with Gasteiger partial charge in [0.15, 0.2) is 8.32 Å². The van der Waals surface area contributed by atoms with Gasteiger partial charge >= 0.3 is 0 Å². The van der Waals surface area contributed by atoms with Crippen LogP contribution in [0.15, 0.2) is 29.1 Å². The minimum atomic E-state index is -2.00. The van der Waals surface area contributed by atoms with Crippen molar-refractivity contribution in [3.63, 3.8) is 0 Å². The van der Waals surface area contributed by atoms with E-state index in [0.717, 1.165) is 17.9 Å².